The summed E-state index contributed by atoms with van der Waals surface area (Å²) in [6.07, 6.45) is -3.76. The summed E-state index contributed by atoms with van der Waals surface area (Å²) in [6, 6.07) is 2.22. The highest BCUT2D eigenvalue weighted by Crippen LogP contribution is 2.37. The lowest BCUT2D eigenvalue weighted by Crippen LogP contribution is -2.22. The van der Waals surface area contributed by atoms with Crippen LogP contribution in [0.5, 0.6) is 0 Å². The molecule has 0 N–H and O–H groups in total. The molecule has 0 amide bonds. The summed E-state index contributed by atoms with van der Waals surface area (Å²) < 4.78 is 37.0. The molecule has 5 heteroatoms. The van der Waals surface area contributed by atoms with Crippen LogP contribution >= 0.6 is 11.3 Å². The Kier molecular flexibility index (Phi) is 3.47. The number of hydrogen-bond acceptors (Lipinski definition) is 2. The molecule has 0 spiro atoms. The number of alkyl halides is 3. The van der Waals surface area contributed by atoms with Crippen LogP contribution in [0.2, 0.25) is 0 Å². The summed E-state index contributed by atoms with van der Waals surface area (Å²) in [7, 11) is 0. The standard InChI is InChI=1S/C11H13F3OS/c1-4-10(2,3)9(15)7-5-6-8(16-7)11(12,13)14/h5-6H,4H2,1-3H3. The van der Waals surface area contributed by atoms with E-state index in [9.17, 15) is 18.0 Å². The van der Waals surface area contributed by atoms with Gasteiger partial charge < -0.3 is 0 Å². The van der Waals surface area contributed by atoms with Gasteiger partial charge in [0.15, 0.2) is 5.78 Å². The monoisotopic (exact) mass is 250 g/mol. The maximum absolute atomic E-state index is 12.3. The van der Waals surface area contributed by atoms with Crippen LogP contribution in [0.25, 0.3) is 0 Å². The molecule has 1 heterocycles. The average Bonchev–Trinajstić information content (AvgIpc) is 2.64. The number of carbonyl (C=O) groups excluding carboxylic acids is 1. The lowest BCUT2D eigenvalue weighted by Gasteiger charge is -2.19. The molecular formula is C11H13F3OS. The van der Waals surface area contributed by atoms with Crippen molar-refractivity contribution in [3.8, 4) is 0 Å². The van der Waals surface area contributed by atoms with Crippen molar-refractivity contribution < 1.29 is 18.0 Å². The first-order chi connectivity index (χ1) is 7.18. The fourth-order valence-electron chi connectivity index (χ4n) is 1.11. The Morgan fingerprint density at radius 2 is 1.88 bits per heavy atom. The van der Waals surface area contributed by atoms with Gasteiger partial charge in [0.2, 0.25) is 0 Å². The SMILES string of the molecule is CCC(C)(C)C(=O)c1ccc(C(F)(F)F)s1. The van der Waals surface area contributed by atoms with E-state index in [1.54, 1.807) is 13.8 Å². The quantitative estimate of drug-likeness (QED) is 0.727. The number of halogens is 3. The van der Waals surface area contributed by atoms with E-state index >= 15 is 0 Å². The second kappa shape index (κ2) is 4.20. The first-order valence-corrected chi connectivity index (χ1v) is 5.72. The molecule has 0 aliphatic heterocycles. The minimum absolute atomic E-state index is 0.180. The van der Waals surface area contributed by atoms with Gasteiger partial charge in [-0.2, -0.15) is 13.2 Å². The van der Waals surface area contributed by atoms with Gasteiger partial charge in [-0.1, -0.05) is 20.8 Å². The Morgan fingerprint density at radius 1 is 1.31 bits per heavy atom. The summed E-state index contributed by atoms with van der Waals surface area (Å²) in [4.78, 5) is 11.3. The molecule has 0 bridgehead atoms. The predicted molar refractivity (Wildman–Crippen MR) is 57.7 cm³/mol. The lowest BCUT2D eigenvalue weighted by atomic mass is 9.85. The van der Waals surface area contributed by atoms with Crippen molar-refractivity contribution in [2.75, 3.05) is 0 Å². The van der Waals surface area contributed by atoms with Gasteiger partial charge in [-0.3, -0.25) is 4.79 Å². The van der Waals surface area contributed by atoms with E-state index in [4.69, 9.17) is 0 Å². The Balaban J connectivity index is 3.00. The Hall–Kier alpha value is -0.840. The molecule has 0 radical (unpaired) electrons. The molecule has 1 aromatic rings. The van der Waals surface area contributed by atoms with Gasteiger partial charge in [-0.05, 0) is 18.6 Å². The molecule has 0 atom stereocenters. The van der Waals surface area contributed by atoms with Crippen LogP contribution in [0.1, 0.15) is 41.7 Å². The number of carbonyl (C=O) groups is 1. The maximum atomic E-state index is 12.3. The molecule has 0 aromatic carbocycles. The highest BCUT2D eigenvalue weighted by molar-refractivity contribution is 7.14. The van der Waals surface area contributed by atoms with Crippen molar-refractivity contribution in [1.29, 1.82) is 0 Å². The minimum Gasteiger partial charge on any atom is -0.293 e. The molecule has 1 nitrogen and oxygen atoms in total. The van der Waals surface area contributed by atoms with Crippen molar-refractivity contribution in [3.05, 3.63) is 21.9 Å². The Bertz CT molecular complexity index is 390. The summed E-state index contributed by atoms with van der Waals surface area (Å²) in [5.41, 5.74) is -0.603. The highest BCUT2D eigenvalue weighted by atomic mass is 32.1. The summed E-state index contributed by atoms with van der Waals surface area (Å²) in [5.74, 6) is -0.226. The van der Waals surface area contributed by atoms with E-state index in [2.05, 4.69) is 0 Å². The molecule has 0 aliphatic rings. The van der Waals surface area contributed by atoms with Crippen LogP contribution in [0.4, 0.5) is 13.2 Å². The van der Waals surface area contributed by atoms with Crippen LogP contribution in [0, 0.1) is 5.41 Å². The third-order valence-electron chi connectivity index (χ3n) is 2.61. The number of thiophene rings is 1. The molecule has 0 saturated heterocycles. The first-order valence-electron chi connectivity index (χ1n) is 4.90. The Labute approximate surface area is 96.3 Å². The zero-order valence-corrected chi connectivity index (χ0v) is 10.1. The fourth-order valence-corrected chi connectivity index (χ4v) is 2.10. The van der Waals surface area contributed by atoms with Crippen molar-refractivity contribution in [3.63, 3.8) is 0 Å². The number of Topliss-reactive ketones (excluding diaryl/α,β-unsaturated/α-hetero) is 1. The second-order valence-electron chi connectivity index (χ2n) is 4.23. The van der Waals surface area contributed by atoms with Gasteiger partial charge in [-0.25, -0.2) is 0 Å². The highest BCUT2D eigenvalue weighted by Gasteiger charge is 2.35. The average molecular weight is 250 g/mol. The third-order valence-corrected chi connectivity index (χ3v) is 3.74. The summed E-state index contributed by atoms with van der Waals surface area (Å²) in [5, 5.41) is 0. The number of hydrogen-bond donors (Lipinski definition) is 0. The summed E-state index contributed by atoms with van der Waals surface area (Å²) in [6.45, 7) is 5.32. The van der Waals surface area contributed by atoms with E-state index in [0.29, 0.717) is 17.8 Å². The molecule has 1 rings (SSSR count). The van der Waals surface area contributed by atoms with E-state index in [0.717, 1.165) is 6.07 Å². The number of ketones is 1. The van der Waals surface area contributed by atoms with Gasteiger partial charge in [0.1, 0.15) is 4.88 Å². The van der Waals surface area contributed by atoms with Crippen LogP contribution in [0.15, 0.2) is 12.1 Å². The number of rotatable bonds is 3. The molecular weight excluding hydrogens is 237 g/mol. The van der Waals surface area contributed by atoms with E-state index < -0.39 is 16.5 Å². The van der Waals surface area contributed by atoms with E-state index in [1.807, 2.05) is 6.92 Å². The van der Waals surface area contributed by atoms with Crippen molar-refractivity contribution >= 4 is 17.1 Å². The topological polar surface area (TPSA) is 17.1 Å². The molecule has 1 aromatic heterocycles. The summed E-state index contributed by atoms with van der Waals surface area (Å²) >= 11 is 0.516. The molecule has 0 saturated carbocycles. The first kappa shape index (κ1) is 13.2. The molecule has 90 valence electrons. The normalized spacial score (nSPS) is 12.9. The largest absolute Gasteiger partial charge is 0.425 e. The van der Waals surface area contributed by atoms with Gasteiger partial charge in [0.05, 0.1) is 4.88 Å². The van der Waals surface area contributed by atoms with Gasteiger partial charge in [-0.15, -0.1) is 11.3 Å². The van der Waals surface area contributed by atoms with Crippen LogP contribution in [0.3, 0.4) is 0 Å². The van der Waals surface area contributed by atoms with Crippen molar-refractivity contribution in [2.24, 2.45) is 5.41 Å². The smallest absolute Gasteiger partial charge is 0.293 e. The zero-order chi connectivity index (χ0) is 12.6. The predicted octanol–water partition coefficient (Wildman–Crippen LogP) is 4.39. The zero-order valence-electron chi connectivity index (χ0n) is 9.31. The van der Waals surface area contributed by atoms with Gasteiger partial charge in [0, 0.05) is 5.41 Å². The fraction of sp³-hybridized carbons (Fsp3) is 0.545. The van der Waals surface area contributed by atoms with Crippen LogP contribution < -0.4 is 0 Å². The van der Waals surface area contributed by atoms with E-state index in [1.165, 1.54) is 6.07 Å². The maximum Gasteiger partial charge on any atom is 0.425 e. The third kappa shape index (κ3) is 2.64. The van der Waals surface area contributed by atoms with Crippen molar-refractivity contribution in [2.45, 2.75) is 33.4 Å². The van der Waals surface area contributed by atoms with Crippen LogP contribution in [-0.2, 0) is 6.18 Å². The van der Waals surface area contributed by atoms with Gasteiger partial charge in [0.25, 0.3) is 0 Å². The Morgan fingerprint density at radius 3 is 2.25 bits per heavy atom. The lowest BCUT2D eigenvalue weighted by molar-refractivity contribution is -0.134. The molecule has 0 fully saturated rings. The second-order valence-corrected chi connectivity index (χ2v) is 5.31. The molecule has 0 unspecified atom stereocenters. The molecule has 0 aliphatic carbocycles. The van der Waals surface area contributed by atoms with Crippen LogP contribution in [-0.4, -0.2) is 5.78 Å². The van der Waals surface area contributed by atoms with E-state index in [-0.39, 0.29) is 10.7 Å². The van der Waals surface area contributed by atoms with Gasteiger partial charge >= 0.3 is 6.18 Å². The van der Waals surface area contributed by atoms with Crippen molar-refractivity contribution in [1.82, 2.24) is 0 Å². The molecule has 16 heavy (non-hydrogen) atoms. The minimum atomic E-state index is -4.36.